The molecule has 0 aromatic heterocycles. The number of carbonyl (C=O) groups is 1. The van der Waals surface area contributed by atoms with Gasteiger partial charge in [0.2, 0.25) is 15.9 Å². The van der Waals surface area contributed by atoms with Crippen LogP contribution in [0.2, 0.25) is 0 Å². The Morgan fingerprint density at radius 3 is 2.53 bits per heavy atom. The number of benzene rings is 1. The van der Waals surface area contributed by atoms with E-state index in [2.05, 4.69) is 15.4 Å². The van der Waals surface area contributed by atoms with Gasteiger partial charge < -0.3 is 10.6 Å². The summed E-state index contributed by atoms with van der Waals surface area (Å²) in [5.41, 5.74) is 0.952. The third-order valence-electron chi connectivity index (χ3n) is 1.79. The Labute approximate surface area is 100 Å². The number of amides is 1. The number of anilines is 2. The highest BCUT2D eigenvalue weighted by Gasteiger charge is 2.04. The van der Waals surface area contributed by atoms with Crippen molar-refractivity contribution in [1.29, 1.82) is 0 Å². The van der Waals surface area contributed by atoms with Crippen LogP contribution in [-0.4, -0.2) is 34.2 Å². The second-order valence-electron chi connectivity index (χ2n) is 3.53. The van der Waals surface area contributed by atoms with E-state index in [0.29, 0.717) is 11.4 Å². The van der Waals surface area contributed by atoms with Crippen molar-refractivity contribution < 1.29 is 13.2 Å². The molecule has 0 aliphatic carbocycles. The summed E-state index contributed by atoms with van der Waals surface area (Å²) in [6.45, 7) is 0.198. The molecule has 1 rings (SSSR count). The van der Waals surface area contributed by atoms with Gasteiger partial charge in [0, 0.05) is 5.69 Å². The molecule has 0 heterocycles. The van der Waals surface area contributed by atoms with Gasteiger partial charge in [0.05, 0.1) is 18.5 Å². The average molecular weight is 257 g/mol. The maximum atomic E-state index is 11.3. The van der Waals surface area contributed by atoms with E-state index < -0.39 is 10.0 Å². The van der Waals surface area contributed by atoms with Crippen molar-refractivity contribution in [3.63, 3.8) is 0 Å². The van der Waals surface area contributed by atoms with Gasteiger partial charge in [0.25, 0.3) is 0 Å². The van der Waals surface area contributed by atoms with Crippen LogP contribution >= 0.6 is 0 Å². The van der Waals surface area contributed by atoms with E-state index in [4.69, 9.17) is 0 Å². The number of hydrogen-bond donors (Lipinski definition) is 3. The summed E-state index contributed by atoms with van der Waals surface area (Å²) < 4.78 is 24.4. The van der Waals surface area contributed by atoms with E-state index in [1.165, 1.54) is 0 Å². The summed E-state index contributed by atoms with van der Waals surface area (Å²) in [6.07, 6.45) is 1.07. The first-order chi connectivity index (χ1) is 7.90. The SMILES string of the molecule is CNCC(=O)Nc1cccc(NS(C)(=O)=O)c1. The lowest BCUT2D eigenvalue weighted by Crippen LogP contribution is -2.25. The Hall–Kier alpha value is -1.60. The van der Waals surface area contributed by atoms with Gasteiger partial charge in [-0.15, -0.1) is 0 Å². The van der Waals surface area contributed by atoms with Gasteiger partial charge >= 0.3 is 0 Å². The zero-order valence-corrected chi connectivity index (χ0v) is 10.5. The molecule has 0 saturated heterocycles. The van der Waals surface area contributed by atoms with Gasteiger partial charge in [-0.25, -0.2) is 8.42 Å². The van der Waals surface area contributed by atoms with Crippen LogP contribution < -0.4 is 15.4 Å². The predicted octanol–water partition coefficient (Wildman–Crippen LogP) is 0.216. The standard InChI is InChI=1S/C10H15N3O3S/c1-11-7-10(14)12-8-4-3-5-9(6-8)13-17(2,15)16/h3-6,11,13H,7H2,1-2H3,(H,12,14). The van der Waals surface area contributed by atoms with Gasteiger partial charge in [-0.3, -0.25) is 9.52 Å². The number of nitrogens with one attached hydrogen (secondary N) is 3. The lowest BCUT2D eigenvalue weighted by Gasteiger charge is -2.08. The second kappa shape index (κ2) is 5.65. The summed E-state index contributed by atoms with van der Waals surface area (Å²) in [6, 6.07) is 6.49. The Balaban J connectivity index is 2.76. The molecular formula is C10H15N3O3S. The minimum atomic E-state index is -3.31. The van der Waals surface area contributed by atoms with Crippen LogP contribution in [0.5, 0.6) is 0 Å². The Kier molecular flexibility index (Phi) is 4.47. The molecule has 1 aromatic carbocycles. The molecule has 0 spiro atoms. The third-order valence-corrected chi connectivity index (χ3v) is 2.39. The monoisotopic (exact) mass is 257 g/mol. The van der Waals surface area contributed by atoms with Gasteiger partial charge in [-0.1, -0.05) is 6.07 Å². The molecule has 0 radical (unpaired) electrons. The fourth-order valence-electron chi connectivity index (χ4n) is 1.24. The normalized spacial score (nSPS) is 10.9. The smallest absolute Gasteiger partial charge is 0.238 e. The molecule has 6 nitrogen and oxygen atoms in total. The average Bonchev–Trinajstić information content (AvgIpc) is 2.15. The second-order valence-corrected chi connectivity index (χ2v) is 5.28. The highest BCUT2D eigenvalue weighted by Crippen LogP contribution is 2.15. The molecule has 0 aliphatic heterocycles. The summed E-state index contributed by atoms with van der Waals surface area (Å²) in [4.78, 5) is 11.3. The van der Waals surface area contributed by atoms with Crippen LogP contribution in [0, 0.1) is 0 Å². The van der Waals surface area contributed by atoms with Crippen molar-refractivity contribution in [3.05, 3.63) is 24.3 Å². The number of likely N-dealkylation sites (N-methyl/N-ethyl adjacent to an activating group) is 1. The zero-order valence-electron chi connectivity index (χ0n) is 9.65. The predicted molar refractivity (Wildman–Crippen MR) is 67.5 cm³/mol. The van der Waals surface area contributed by atoms with Gasteiger partial charge in [0.1, 0.15) is 0 Å². The molecule has 17 heavy (non-hydrogen) atoms. The minimum Gasteiger partial charge on any atom is -0.325 e. The topological polar surface area (TPSA) is 87.3 Å². The molecular weight excluding hydrogens is 242 g/mol. The fourth-order valence-corrected chi connectivity index (χ4v) is 1.80. The Morgan fingerprint density at radius 2 is 1.94 bits per heavy atom. The van der Waals surface area contributed by atoms with E-state index in [1.54, 1.807) is 31.3 Å². The molecule has 1 aromatic rings. The van der Waals surface area contributed by atoms with Gasteiger partial charge in [-0.2, -0.15) is 0 Å². The van der Waals surface area contributed by atoms with Gasteiger partial charge in [0.15, 0.2) is 0 Å². The van der Waals surface area contributed by atoms with Crippen LogP contribution in [-0.2, 0) is 14.8 Å². The van der Waals surface area contributed by atoms with Crippen LogP contribution in [0.25, 0.3) is 0 Å². The number of carbonyl (C=O) groups excluding carboxylic acids is 1. The van der Waals surface area contributed by atoms with E-state index in [1.807, 2.05) is 0 Å². The minimum absolute atomic E-state index is 0.191. The first-order valence-corrected chi connectivity index (χ1v) is 6.82. The zero-order chi connectivity index (χ0) is 12.9. The summed E-state index contributed by atoms with van der Waals surface area (Å²) in [7, 11) is -1.64. The molecule has 0 bridgehead atoms. The molecule has 0 atom stereocenters. The molecule has 1 amide bonds. The molecule has 0 fully saturated rings. The molecule has 0 aliphatic rings. The van der Waals surface area contributed by atoms with Crippen molar-refractivity contribution in [2.24, 2.45) is 0 Å². The Bertz CT molecular complexity index is 499. The van der Waals surface area contributed by atoms with Crippen LogP contribution in [0.1, 0.15) is 0 Å². The Morgan fingerprint density at radius 1 is 1.29 bits per heavy atom. The number of sulfonamides is 1. The lowest BCUT2D eigenvalue weighted by molar-refractivity contribution is -0.115. The van der Waals surface area contributed by atoms with Gasteiger partial charge in [-0.05, 0) is 25.2 Å². The van der Waals surface area contributed by atoms with Crippen molar-refractivity contribution in [2.75, 3.05) is 29.9 Å². The fraction of sp³-hybridized carbons (Fsp3) is 0.300. The molecule has 0 saturated carbocycles. The first-order valence-electron chi connectivity index (χ1n) is 4.93. The van der Waals surface area contributed by atoms with Crippen molar-refractivity contribution in [3.8, 4) is 0 Å². The molecule has 0 unspecified atom stereocenters. The molecule has 3 N–H and O–H groups in total. The van der Waals surface area contributed by atoms with Crippen LogP contribution in [0.4, 0.5) is 11.4 Å². The molecule has 94 valence electrons. The van der Waals surface area contributed by atoms with Crippen molar-refractivity contribution >= 4 is 27.3 Å². The van der Waals surface area contributed by atoms with E-state index in [0.717, 1.165) is 6.26 Å². The highest BCUT2D eigenvalue weighted by atomic mass is 32.2. The number of rotatable bonds is 5. The molecule has 7 heteroatoms. The highest BCUT2D eigenvalue weighted by molar-refractivity contribution is 7.92. The van der Waals surface area contributed by atoms with E-state index >= 15 is 0 Å². The first kappa shape index (κ1) is 13.5. The van der Waals surface area contributed by atoms with Crippen LogP contribution in [0.15, 0.2) is 24.3 Å². The summed E-state index contributed by atoms with van der Waals surface area (Å²) >= 11 is 0. The maximum absolute atomic E-state index is 11.3. The lowest BCUT2D eigenvalue weighted by atomic mass is 10.3. The van der Waals surface area contributed by atoms with Crippen molar-refractivity contribution in [1.82, 2.24) is 5.32 Å². The van der Waals surface area contributed by atoms with Crippen molar-refractivity contribution in [2.45, 2.75) is 0 Å². The van der Waals surface area contributed by atoms with E-state index in [-0.39, 0.29) is 12.5 Å². The quantitative estimate of drug-likeness (QED) is 0.704. The van der Waals surface area contributed by atoms with E-state index in [9.17, 15) is 13.2 Å². The largest absolute Gasteiger partial charge is 0.325 e. The third kappa shape index (κ3) is 5.32. The summed E-state index contributed by atoms with van der Waals surface area (Å²) in [5.74, 6) is -0.191. The summed E-state index contributed by atoms with van der Waals surface area (Å²) in [5, 5.41) is 5.35. The maximum Gasteiger partial charge on any atom is 0.238 e. The van der Waals surface area contributed by atoms with Crippen LogP contribution in [0.3, 0.4) is 0 Å². The number of hydrogen-bond acceptors (Lipinski definition) is 4.